The number of nitrogens with one attached hydrogen (secondary N) is 2. The Labute approximate surface area is 424 Å². The summed E-state index contributed by atoms with van der Waals surface area (Å²) in [4.78, 5) is 35.8. The van der Waals surface area contributed by atoms with E-state index in [0.29, 0.717) is 19.3 Å². The van der Waals surface area contributed by atoms with Gasteiger partial charge in [0, 0.05) is 26.9 Å². The van der Waals surface area contributed by atoms with E-state index in [2.05, 4.69) is 15.4 Å². The van der Waals surface area contributed by atoms with E-state index in [-0.39, 0.29) is 19.0 Å². The molecular weight excluding hydrogens is 1000 g/mol. The molecule has 5 rings (SSSR count). The number of carbonyl (C=O) groups excluding carboxylic acids is 3. The number of aliphatic hydroxyl groups is 14. The van der Waals surface area contributed by atoms with E-state index >= 15 is 0 Å². The van der Waals surface area contributed by atoms with E-state index in [1.54, 1.807) is 0 Å². The van der Waals surface area contributed by atoms with Crippen molar-refractivity contribution in [3.8, 4) is 0 Å². The number of hydrogen-bond donors (Lipinski definition) is 16. The van der Waals surface area contributed by atoms with Crippen LogP contribution in [-0.4, -0.2) is 289 Å². The van der Waals surface area contributed by atoms with Crippen LogP contribution in [0.1, 0.15) is 58.8 Å². The molecule has 0 radical (unpaired) electrons. The Morgan fingerprint density at radius 1 is 0.419 bits per heavy atom. The molecule has 0 bridgehead atoms. The molecule has 0 aliphatic carbocycles. The molecule has 5 fully saturated rings. The lowest BCUT2D eigenvalue weighted by Gasteiger charge is -2.49. The van der Waals surface area contributed by atoms with Gasteiger partial charge in [-0.1, -0.05) is 25.7 Å². The van der Waals surface area contributed by atoms with E-state index in [1.807, 2.05) is 0 Å². The summed E-state index contributed by atoms with van der Waals surface area (Å²) in [7, 11) is 1.31. The quantitative estimate of drug-likeness (QED) is 0.0298. The largest absolute Gasteiger partial charge is 0.469 e. The van der Waals surface area contributed by atoms with Gasteiger partial charge < -0.3 is 134 Å². The molecule has 0 spiro atoms. The number of unbranched alkanes of at least 4 members (excludes halogenated alkanes) is 5. The lowest BCUT2D eigenvalue weighted by Crippen LogP contribution is -2.69. The number of carbonyl (C=O) groups is 3. The number of esters is 1. The van der Waals surface area contributed by atoms with E-state index in [0.717, 1.165) is 33.1 Å². The smallest absolute Gasteiger partial charge is 0.305 e. The molecule has 5 saturated heterocycles. The molecule has 25 atom stereocenters. The van der Waals surface area contributed by atoms with Gasteiger partial charge in [0.05, 0.1) is 40.1 Å². The number of rotatable bonds is 25. The fourth-order valence-electron chi connectivity index (χ4n) is 9.20. The van der Waals surface area contributed by atoms with Gasteiger partial charge in [0.25, 0.3) is 0 Å². The molecule has 0 saturated carbocycles. The van der Waals surface area contributed by atoms with Gasteiger partial charge in [-0.3, -0.25) is 14.4 Å². The zero-order valence-corrected chi connectivity index (χ0v) is 41.1. The Kier molecular flexibility index (Phi) is 24.8. The summed E-state index contributed by atoms with van der Waals surface area (Å²) in [5, 5.41) is 156. The Hall–Kier alpha value is -2.55. The molecule has 74 heavy (non-hydrogen) atoms. The molecule has 0 aromatic heterocycles. The summed E-state index contributed by atoms with van der Waals surface area (Å²) < 4.78 is 63.9. The molecule has 2 amide bonds. The highest BCUT2D eigenvalue weighted by molar-refractivity contribution is 5.73. The molecule has 16 N–H and O–H groups in total. The van der Waals surface area contributed by atoms with Gasteiger partial charge in [0.1, 0.15) is 122 Å². The fraction of sp³-hybridized carbons (Fsp3) is 0.932. The maximum absolute atomic E-state index is 12.2. The minimum Gasteiger partial charge on any atom is -0.469 e. The standard InChI is InChI=1S/C44H76N2O28/c1-17(51)45-25-31(58)27(54)19(12-47)67-40(25)73-38-33(60)29(56)21(14-49)69-43(38)66-16-23-37(35(62)36(63)42(71-23)65-11-9-7-5-4-6-8-10-24(53)64-3)72-44-39(34(61)30(57)22(15-50)70-44)74-41-26(46-18(2)52)32(59)28(55)20(13-48)68-41/h19-23,25-44,47-50,54-63H,4-16H2,1-3H3,(H,45,51)(H,46,52)/t19-,20-,21-,22-,23-,25-,26-,27-,28-,29-,30-,31-,32-,33+,34+,35-,36+,37-,38+,39+,40+,41+,42-,43-,44+/m1/s1. The van der Waals surface area contributed by atoms with Crippen molar-refractivity contribution >= 4 is 17.8 Å². The second kappa shape index (κ2) is 29.4. The van der Waals surface area contributed by atoms with Gasteiger partial charge in [-0.05, 0) is 12.8 Å². The summed E-state index contributed by atoms with van der Waals surface area (Å²) in [5.41, 5.74) is 0. The van der Waals surface area contributed by atoms with Crippen LogP contribution in [0.3, 0.4) is 0 Å². The molecule has 0 unspecified atom stereocenters. The molecule has 5 heterocycles. The van der Waals surface area contributed by atoms with Crippen LogP contribution >= 0.6 is 0 Å². The van der Waals surface area contributed by atoms with Crippen molar-refractivity contribution < 1.29 is 138 Å². The summed E-state index contributed by atoms with van der Waals surface area (Å²) >= 11 is 0. The van der Waals surface area contributed by atoms with Gasteiger partial charge in [-0.25, -0.2) is 0 Å². The Balaban J connectivity index is 1.43. The number of amides is 2. The van der Waals surface area contributed by atoms with Crippen molar-refractivity contribution in [2.45, 2.75) is 212 Å². The lowest BCUT2D eigenvalue weighted by molar-refractivity contribution is -0.388. The average molecular weight is 1080 g/mol. The molecular formula is C44H76N2O28. The molecule has 30 heteroatoms. The first-order valence-electron chi connectivity index (χ1n) is 24.5. The minimum atomic E-state index is -2.07. The molecule has 30 nitrogen and oxygen atoms in total. The van der Waals surface area contributed by atoms with E-state index < -0.39 is 198 Å². The van der Waals surface area contributed by atoms with Gasteiger partial charge in [-0.15, -0.1) is 0 Å². The molecule has 5 aliphatic heterocycles. The fourth-order valence-corrected chi connectivity index (χ4v) is 9.20. The zero-order valence-electron chi connectivity index (χ0n) is 41.1. The number of aliphatic hydroxyl groups excluding tert-OH is 14. The van der Waals surface area contributed by atoms with Crippen molar-refractivity contribution in [3.05, 3.63) is 0 Å². The van der Waals surface area contributed by atoms with Crippen molar-refractivity contribution in [2.24, 2.45) is 0 Å². The van der Waals surface area contributed by atoms with Crippen LogP contribution in [0.2, 0.25) is 0 Å². The van der Waals surface area contributed by atoms with Crippen LogP contribution in [0.15, 0.2) is 0 Å². The first kappa shape index (κ1) is 62.3. The summed E-state index contributed by atoms with van der Waals surface area (Å²) in [6.07, 6.45) is -37.4. The predicted octanol–water partition coefficient (Wildman–Crippen LogP) is -8.71. The maximum Gasteiger partial charge on any atom is 0.305 e. The third-order valence-electron chi connectivity index (χ3n) is 13.4. The average Bonchev–Trinajstić information content (AvgIpc) is 3.37. The Bertz CT molecular complexity index is 1710. The summed E-state index contributed by atoms with van der Waals surface area (Å²) in [5.74, 6) is -1.79. The van der Waals surface area contributed by atoms with Crippen LogP contribution in [0.5, 0.6) is 0 Å². The van der Waals surface area contributed by atoms with Crippen LogP contribution in [0.4, 0.5) is 0 Å². The second-order valence-corrected chi connectivity index (χ2v) is 18.8. The lowest BCUT2D eigenvalue weighted by atomic mass is 9.95. The van der Waals surface area contributed by atoms with Crippen molar-refractivity contribution in [1.29, 1.82) is 0 Å². The number of ether oxygens (including phenoxy) is 11. The SMILES string of the molecule is COC(=O)CCCCCCCCO[C@@H]1O[C@H](CO[C@@H]2O[C@H](CO)[C@@H](O)[C@H](O)[C@@H]2O[C@@H]2O[C@H](CO)[C@@H](O)[C@H](O)[C@H]2NC(C)=O)[C@@H](O[C@@H]2O[C@H](CO)[C@@H](O)[C@H](O)[C@@H]2O[C@@H]2O[C@H](CO)[C@@H](O)[C@H](O)[C@H]2NC(C)=O)[C@H](O)[C@@H]1O. The third-order valence-corrected chi connectivity index (χ3v) is 13.4. The zero-order chi connectivity index (χ0) is 54.6. The first-order chi connectivity index (χ1) is 35.2. The van der Waals surface area contributed by atoms with Crippen LogP contribution in [0, 0.1) is 0 Å². The number of methoxy groups -OCH3 is 1. The second-order valence-electron chi connectivity index (χ2n) is 18.8. The normalized spacial score (nSPS) is 42.9. The van der Waals surface area contributed by atoms with E-state index in [9.17, 15) is 85.9 Å². The van der Waals surface area contributed by atoms with Crippen molar-refractivity contribution in [2.75, 3.05) is 46.8 Å². The molecule has 5 aliphatic rings. The highest BCUT2D eigenvalue weighted by Gasteiger charge is 2.56. The Morgan fingerprint density at radius 2 is 0.797 bits per heavy atom. The molecule has 0 aromatic rings. The maximum atomic E-state index is 12.2. The van der Waals surface area contributed by atoms with Crippen LogP contribution in [-0.2, 0) is 66.5 Å². The summed E-state index contributed by atoms with van der Waals surface area (Å²) in [6.45, 7) is -2.29. The highest BCUT2D eigenvalue weighted by Crippen LogP contribution is 2.35. The van der Waals surface area contributed by atoms with Crippen molar-refractivity contribution in [1.82, 2.24) is 10.6 Å². The van der Waals surface area contributed by atoms with Gasteiger partial charge in [-0.2, -0.15) is 0 Å². The Morgan fingerprint density at radius 3 is 1.26 bits per heavy atom. The van der Waals surface area contributed by atoms with E-state index in [4.69, 9.17) is 47.4 Å². The number of hydrogen-bond acceptors (Lipinski definition) is 28. The summed E-state index contributed by atoms with van der Waals surface area (Å²) in [6, 6.07) is -3.16. The van der Waals surface area contributed by atoms with Gasteiger partial charge in [0.15, 0.2) is 31.5 Å². The molecule has 430 valence electrons. The molecule has 0 aromatic carbocycles. The van der Waals surface area contributed by atoms with Crippen LogP contribution < -0.4 is 10.6 Å². The topological polar surface area (TPSA) is 460 Å². The van der Waals surface area contributed by atoms with Gasteiger partial charge in [0.2, 0.25) is 11.8 Å². The predicted molar refractivity (Wildman–Crippen MR) is 238 cm³/mol. The highest BCUT2D eigenvalue weighted by atomic mass is 16.8. The first-order valence-corrected chi connectivity index (χ1v) is 24.5. The monoisotopic (exact) mass is 1080 g/mol. The van der Waals surface area contributed by atoms with Crippen molar-refractivity contribution in [3.63, 3.8) is 0 Å². The van der Waals surface area contributed by atoms with Crippen LogP contribution in [0.25, 0.3) is 0 Å². The van der Waals surface area contributed by atoms with E-state index in [1.165, 1.54) is 7.11 Å². The van der Waals surface area contributed by atoms with Gasteiger partial charge >= 0.3 is 5.97 Å². The minimum absolute atomic E-state index is 0.0258. The third kappa shape index (κ3) is 15.6.